The van der Waals surface area contributed by atoms with E-state index in [1.165, 1.54) is 0 Å². The van der Waals surface area contributed by atoms with Crippen LogP contribution in [0.15, 0.2) is 42.9 Å². The number of hydrogen-bond acceptors (Lipinski definition) is 4. The topological polar surface area (TPSA) is 66.9 Å². The van der Waals surface area contributed by atoms with Gasteiger partial charge in [0, 0.05) is 24.9 Å². The van der Waals surface area contributed by atoms with Crippen molar-refractivity contribution in [1.82, 2.24) is 9.97 Å². The highest BCUT2D eigenvalue weighted by molar-refractivity contribution is 5.92. The van der Waals surface area contributed by atoms with Gasteiger partial charge in [-0.3, -0.25) is 9.78 Å². The Morgan fingerprint density at radius 1 is 1.14 bits per heavy atom. The van der Waals surface area contributed by atoms with Crippen LogP contribution in [0.5, 0.6) is 0 Å². The first kappa shape index (κ1) is 15.9. The van der Waals surface area contributed by atoms with Crippen molar-refractivity contribution in [3.63, 3.8) is 0 Å². The number of nitrogens with zero attached hydrogens (tertiary/aromatic N) is 2. The molecule has 2 rings (SSSR count). The fourth-order valence-electron chi connectivity index (χ4n) is 2.17. The highest BCUT2D eigenvalue weighted by Gasteiger charge is 2.13. The first-order chi connectivity index (χ1) is 10.7. The molecule has 2 aromatic heterocycles. The van der Waals surface area contributed by atoms with Gasteiger partial charge in [-0.15, -0.1) is 0 Å². The molecule has 0 saturated carbocycles. The maximum absolute atomic E-state index is 12.0. The molecule has 0 atom stereocenters. The van der Waals surface area contributed by atoms with E-state index in [1.807, 2.05) is 38.1 Å². The van der Waals surface area contributed by atoms with Gasteiger partial charge in [0.15, 0.2) is 0 Å². The number of pyridine rings is 2. The maximum atomic E-state index is 12.0. The lowest BCUT2D eigenvalue weighted by Gasteiger charge is -2.13. The summed E-state index contributed by atoms with van der Waals surface area (Å²) in [7, 11) is 0. The molecule has 2 heterocycles. The van der Waals surface area contributed by atoms with Gasteiger partial charge in [0.05, 0.1) is 11.9 Å². The van der Waals surface area contributed by atoms with Crippen LogP contribution in [-0.2, 0) is 11.3 Å². The van der Waals surface area contributed by atoms with Gasteiger partial charge < -0.3 is 10.6 Å². The Balaban J connectivity index is 1.89. The Bertz CT molecular complexity index is 579. The second kappa shape index (κ2) is 8.12. The normalized spacial score (nSPS) is 10.5. The van der Waals surface area contributed by atoms with E-state index < -0.39 is 0 Å². The van der Waals surface area contributed by atoms with E-state index in [2.05, 4.69) is 20.6 Å². The Labute approximate surface area is 131 Å². The van der Waals surface area contributed by atoms with Crippen LogP contribution in [0.3, 0.4) is 0 Å². The first-order valence-corrected chi connectivity index (χ1v) is 7.62. The zero-order chi connectivity index (χ0) is 15.8. The molecule has 0 radical (unpaired) electrons. The Morgan fingerprint density at radius 2 is 1.86 bits per heavy atom. The van der Waals surface area contributed by atoms with Crippen molar-refractivity contribution in [2.75, 3.05) is 10.6 Å². The monoisotopic (exact) mass is 298 g/mol. The highest BCUT2D eigenvalue weighted by atomic mass is 16.1. The second-order valence-electron chi connectivity index (χ2n) is 5.14. The molecule has 2 N–H and O–H groups in total. The summed E-state index contributed by atoms with van der Waals surface area (Å²) >= 11 is 0. The van der Waals surface area contributed by atoms with Crippen molar-refractivity contribution >= 4 is 17.4 Å². The van der Waals surface area contributed by atoms with Gasteiger partial charge in [0.2, 0.25) is 5.91 Å². The third-order valence-corrected chi connectivity index (χ3v) is 3.61. The van der Waals surface area contributed by atoms with E-state index in [4.69, 9.17) is 0 Å². The summed E-state index contributed by atoms with van der Waals surface area (Å²) in [5.74, 6) is 0.895. The van der Waals surface area contributed by atoms with Crippen molar-refractivity contribution in [2.24, 2.45) is 5.92 Å². The zero-order valence-electron chi connectivity index (χ0n) is 13.0. The highest BCUT2D eigenvalue weighted by Crippen LogP contribution is 2.14. The summed E-state index contributed by atoms with van der Waals surface area (Å²) in [5, 5.41) is 6.14. The van der Waals surface area contributed by atoms with Crippen molar-refractivity contribution in [2.45, 2.75) is 33.2 Å². The standard InChI is InChI=1S/C17H22N4O/c1-3-14(4-2)17(22)21-15-5-6-16(20-12-15)19-11-13-7-9-18-10-8-13/h5-10,12,14H,3-4,11H2,1-2H3,(H,19,20)(H,21,22). The SMILES string of the molecule is CCC(CC)C(=O)Nc1ccc(NCc2ccncc2)nc1. The fourth-order valence-corrected chi connectivity index (χ4v) is 2.17. The van der Waals surface area contributed by atoms with E-state index in [9.17, 15) is 4.79 Å². The Morgan fingerprint density at radius 3 is 2.45 bits per heavy atom. The molecule has 2 aromatic rings. The molecular formula is C17H22N4O. The van der Waals surface area contributed by atoms with Crippen LogP contribution < -0.4 is 10.6 Å². The summed E-state index contributed by atoms with van der Waals surface area (Å²) in [6.07, 6.45) is 6.90. The lowest BCUT2D eigenvalue weighted by molar-refractivity contribution is -0.120. The molecule has 0 spiro atoms. The predicted octanol–water partition coefficient (Wildman–Crippen LogP) is 3.46. The summed E-state index contributed by atoms with van der Waals surface area (Å²) in [6, 6.07) is 7.64. The zero-order valence-corrected chi connectivity index (χ0v) is 13.0. The maximum Gasteiger partial charge on any atom is 0.227 e. The molecule has 0 bridgehead atoms. The van der Waals surface area contributed by atoms with Gasteiger partial charge in [-0.25, -0.2) is 4.98 Å². The molecule has 0 aliphatic carbocycles. The van der Waals surface area contributed by atoms with Gasteiger partial charge in [-0.2, -0.15) is 0 Å². The number of rotatable bonds is 7. The molecule has 0 aromatic carbocycles. The van der Waals surface area contributed by atoms with Crippen LogP contribution in [0.1, 0.15) is 32.3 Å². The Kier molecular flexibility index (Phi) is 5.89. The number of aromatic nitrogens is 2. The van der Waals surface area contributed by atoms with E-state index in [1.54, 1.807) is 18.6 Å². The summed E-state index contributed by atoms with van der Waals surface area (Å²) in [6.45, 7) is 4.74. The van der Waals surface area contributed by atoms with Crippen LogP contribution in [0, 0.1) is 5.92 Å². The number of carbonyl (C=O) groups is 1. The molecule has 0 saturated heterocycles. The van der Waals surface area contributed by atoms with Crippen molar-refractivity contribution in [3.8, 4) is 0 Å². The van der Waals surface area contributed by atoms with Gasteiger partial charge in [0.25, 0.3) is 0 Å². The van der Waals surface area contributed by atoms with Crippen LogP contribution >= 0.6 is 0 Å². The van der Waals surface area contributed by atoms with Crippen molar-refractivity contribution < 1.29 is 4.79 Å². The fraction of sp³-hybridized carbons (Fsp3) is 0.353. The number of amides is 1. The minimum Gasteiger partial charge on any atom is -0.366 e. The van der Waals surface area contributed by atoms with E-state index >= 15 is 0 Å². The molecule has 22 heavy (non-hydrogen) atoms. The smallest absolute Gasteiger partial charge is 0.227 e. The van der Waals surface area contributed by atoms with Crippen LogP contribution in [0.4, 0.5) is 11.5 Å². The molecule has 0 fully saturated rings. The van der Waals surface area contributed by atoms with Crippen LogP contribution in [0.25, 0.3) is 0 Å². The summed E-state index contributed by atoms with van der Waals surface area (Å²) in [5.41, 5.74) is 1.87. The van der Waals surface area contributed by atoms with Crippen molar-refractivity contribution in [3.05, 3.63) is 48.4 Å². The average Bonchev–Trinajstić information content (AvgIpc) is 2.56. The van der Waals surface area contributed by atoms with Gasteiger partial charge in [-0.05, 0) is 42.7 Å². The number of anilines is 2. The molecule has 1 amide bonds. The first-order valence-electron chi connectivity index (χ1n) is 7.62. The third kappa shape index (κ3) is 4.55. The largest absolute Gasteiger partial charge is 0.366 e. The van der Waals surface area contributed by atoms with Gasteiger partial charge in [0.1, 0.15) is 5.82 Å². The lowest BCUT2D eigenvalue weighted by atomic mass is 10.0. The average molecular weight is 298 g/mol. The quantitative estimate of drug-likeness (QED) is 0.821. The van der Waals surface area contributed by atoms with Crippen molar-refractivity contribution in [1.29, 1.82) is 0 Å². The van der Waals surface area contributed by atoms with Gasteiger partial charge >= 0.3 is 0 Å². The molecular weight excluding hydrogens is 276 g/mol. The number of carbonyl (C=O) groups excluding carboxylic acids is 1. The molecule has 116 valence electrons. The minimum atomic E-state index is 0.0595. The van der Waals surface area contributed by atoms with Gasteiger partial charge in [-0.1, -0.05) is 13.8 Å². The molecule has 5 nitrogen and oxygen atoms in total. The molecule has 5 heteroatoms. The lowest BCUT2D eigenvalue weighted by Crippen LogP contribution is -2.21. The third-order valence-electron chi connectivity index (χ3n) is 3.61. The van der Waals surface area contributed by atoms with Crippen LogP contribution in [-0.4, -0.2) is 15.9 Å². The molecule has 0 aliphatic heterocycles. The predicted molar refractivity (Wildman–Crippen MR) is 88.5 cm³/mol. The van der Waals surface area contributed by atoms with E-state index in [0.29, 0.717) is 6.54 Å². The second-order valence-corrected chi connectivity index (χ2v) is 5.14. The number of hydrogen-bond donors (Lipinski definition) is 2. The summed E-state index contributed by atoms with van der Waals surface area (Å²) < 4.78 is 0. The Hall–Kier alpha value is -2.43. The summed E-state index contributed by atoms with van der Waals surface area (Å²) in [4.78, 5) is 20.3. The minimum absolute atomic E-state index is 0.0595. The van der Waals surface area contributed by atoms with E-state index in [0.717, 1.165) is 29.9 Å². The van der Waals surface area contributed by atoms with E-state index in [-0.39, 0.29) is 11.8 Å². The number of nitrogens with one attached hydrogen (secondary N) is 2. The molecule has 0 unspecified atom stereocenters. The van der Waals surface area contributed by atoms with Crippen LogP contribution in [0.2, 0.25) is 0 Å². The molecule has 0 aliphatic rings.